The standard InChI is InChI=1S/C13H24N2O3/c1-9(2)13(3,4)8-14-12(18)15(7-11(16)17)10-5-6-10/h9-10H,5-8H2,1-4H3,(H,14,18)(H,16,17). The SMILES string of the molecule is CC(C)C(C)(C)CNC(=O)N(CC(=O)O)C1CC1. The fourth-order valence-electron chi connectivity index (χ4n) is 1.51. The quantitative estimate of drug-likeness (QED) is 0.763. The molecule has 0 aromatic heterocycles. The number of carboxylic acids is 1. The third kappa shape index (κ3) is 4.20. The van der Waals surface area contributed by atoms with Gasteiger partial charge in [-0.2, -0.15) is 0 Å². The Morgan fingerprint density at radius 3 is 2.33 bits per heavy atom. The van der Waals surface area contributed by atoms with Crippen molar-refractivity contribution in [1.29, 1.82) is 0 Å². The van der Waals surface area contributed by atoms with Crippen molar-refractivity contribution in [3.05, 3.63) is 0 Å². The molecule has 2 amide bonds. The molecule has 0 spiro atoms. The van der Waals surface area contributed by atoms with Crippen molar-refractivity contribution in [3.8, 4) is 0 Å². The number of aliphatic carboxylic acids is 1. The number of amides is 2. The van der Waals surface area contributed by atoms with Crippen molar-refractivity contribution in [2.45, 2.75) is 46.6 Å². The number of hydrogen-bond donors (Lipinski definition) is 2. The van der Waals surface area contributed by atoms with Crippen molar-refractivity contribution < 1.29 is 14.7 Å². The minimum Gasteiger partial charge on any atom is -0.480 e. The van der Waals surface area contributed by atoms with Gasteiger partial charge in [0.15, 0.2) is 0 Å². The molecule has 1 fully saturated rings. The molecule has 5 nitrogen and oxygen atoms in total. The first-order valence-corrected chi connectivity index (χ1v) is 6.50. The largest absolute Gasteiger partial charge is 0.480 e. The third-order valence-corrected chi connectivity index (χ3v) is 3.81. The van der Waals surface area contributed by atoms with Crippen LogP contribution in [0.2, 0.25) is 0 Å². The maximum Gasteiger partial charge on any atom is 0.323 e. The van der Waals surface area contributed by atoms with Crippen molar-refractivity contribution in [2.75, 3.05) is 13.1 Å². The van der Waals surface area contributed by atoms with Gasteiger partial charge >= 0.3 is 12.0 Å². The van der Waals surface area contributed by atoms with E-state index in [1.165, 1.54) is 4.90 Å². The van der Waals surface area contributed by atoms with Crippen LogP contribution in [0.25, 0.3) is 0 Å². The Morgan fingerprint density at radius 1 is 1.39 bits per heavy atom. The Kier molecular flexibility index (Phi) is 4.59. The molecule has 18 heavy (non-hydrogen) atoms. The van der Waals surface area contributed by atoms with Gasteiger partial charge in [0, 0.05) is 12.6 Å². The van der Waals surface area contributed by atoms with Crippen LogP contribution < -0.4 is 5.32 Å². The number of carboxylic acid groups (broad SMARTS) is 1. The van der Waals surface area contributed by atoms with Gasteiger partial charge in [0.2, 0.25) is 0 Å². The van der Waals surface area contributed by atoms with Gasteiger partial charge < -0.3 is 15.3 Å². The van der Waals surface area contributed by atoms with E-state index in [9.17, 15) is 9.59 Å². The number of carbonyl (C=O) groups excluding carboxylic acids is 1. The lowest BCUT2D eigenvalue weighted by Crippen LogP contribution is -2.47. The van der Waals surface area contributed by atoms with E-state index >= 15 is 0 Å². The van der Waals surface area contributed by atoms with Crippen LogP contribution in [0.1, 0.15) is 40.5 Å². The minimum atomic E-state index is -0.958. The van der Waals surface area contributed by atoms with Crippen molar-refractivity contribution >= 4 is 12.0 Å². The van der Waals surface area contributed by atoms with E-state index in [-0.39, 0.29) is 24.0 Å². The Morgan fingerprint density at radius 2 is 1.94 bits per heavy atom. The second-order valence-electron chi connectivity index (χ2n) is 6.05. The summed E-state index contributed by atoms with van der Waals surface area (Å²) in [6, 6.07) is -0.142. The first-order chi connectivity index (χ1) is 8.24. The Bertz CT molecular complexity index is 322. The van der Waals surface area contributed by atoms with Crippen LogP contribution in [0.4, 0.5) is 4.79 Å². The van der Waals surface area contributed by atoms with E-state index < -0.39 is 5.97 Å². The molecule has 1 rings (SSSR count). The average molecular weight is 256 g/mol. The highest BCUT2D eigenvalue weighted by atomic mass is 16.4. The lowest BCUT2D eigenvalue weighted by molar-refractivity contribution is -0.137. The molecular weight excluding hydrogens is 232 g/mol. The van der Waals surface area contributed by atoms with Gasteiger partial charge in [-0.3, -0.25) is 4.79 Å². The molecule has 1 aliphatic rings. The summed E-state index contributed by atoms with van der Waals surface area (Å²) in [6.07, 6.45) is 1.82. The van der Waals surface area contributed by atoms with Crippen LogP contribution in [-0.4, -0.2) is 41.1 Å². The van der Waals surface area contributed by atoms with Crippen molar-refractivity contribution in [1.82, 2.24) is 10.2 Å². The molecule has 0 aliphatic heterocycles. The molecule has 1 saturated carbocycles. The molecule has 104 valence electrons. The molecule has 0 radical (unpaired) electrons. The molecule has 0 atom stereocenters. The van der Waals surface area contributed by atoms with Crippen LogP contribution in [0, 0.1) is 11.3 Å². The number of nitrogens with zero attached hydrogens (tertiary/aromatic N) is 1. The van der Waals surface area contributed by atoms with E-state index in [2.05, 4.69) is 33.0 Å². The number of rotatable bonds is 6. The maximum absolute atomic E-state index is 12.0. The second-order valence-corrected chi connectivity index (χ2v) is 6.05. The summed E-state index contributed by atoms with van der Waals surface area (Å²) in [4.78, 5) is 24.1. The van der Waals surface area contributed by atoms with Gasteiger partial charge in [0.05, 0.1) is 0 Å². The normalized spacial score (nSPS) is 15.6. The fourth-order valence-corrected chi connectivity index (χ4v) is 1.51. The molecular formula is C13H24N2O3. The zero-order valence-electron chi connectivity index (χ0n) is 11.7. The Balaban J connectivity index is 2.49. The first-order valence-electron chi connectivity index (χ1n) is 6.50. The van der Waals surface area contributed by atoms with Crippen molar-refractivity contribution in [3.63, 3.8) is 0 Å². The molecule has 0 aromatic rings. The minimum absolute atomic E-state index is 0.00804. The summed E-state index contributed by atoms with van der Waals surface area (Å²) in [5.41, 5.74) is 0.00804. The van der Waals surface area contributed by atoms with Crippen LogP contribution in [0.5, 0.6) is 0 Å². The van der Waals surface area contributed by atoms with E-state index in [1.807, 2.05) is 0 Å². The molecule has 0 heterocycles. The van der Waals surface area contributed by atoms with Gasteiger partial charge in [-0.05, 0) is 24.2 Å². The van der Waals surface area contributed by atoms with Gasteiger partial charge in [-0.25, -0.2) is 4.79 Å². The first kappa shape index (κ1) is 14.8. The van der Waals surface area contributed by atoms with E-state index in [0.717, 1.165) is 12.8 Å². The highest BCUT2D eigenvalue weighted by Crippen LogP contribution is 2.28. The number of nitrogens with one attached hydrogen (secondary N) is 1. The molecule has 0 saturated heterocycles. The van der Waals surface area contributed by atoms with Gasteiger partial charge in [0.1, 0.15) is 6.54 Å². The number of carbonyl (C=O) groups is 2. The zero-order valence-corrected chi connectivity index (χ0v) is 11.7. The monoisotopic (exact) mass is 256 g/mol. The van der Waals surface area contributed by atoms with Gasteiger partial charge in [0.25, 0.3) is 0 Å². The van der Waals surface area contributed by atoms with Crippen LogP contribution >= 0.6 is 0 Å². The van der Waals surface area contributed by atoms with Crippen LogP contribution in [0.15, 0.2) is 0 Å². The van der Waals surface area contributed by atoms with Crippen LogP contribution in [0.3, 0.4) is 0 Å². The van der Waals surface area contributed by atoms with E-state index in [0.29, 0.717) is 12.5 Å². The highest BCUT2D eigenvalue weighted by molar-refractivity contribution is 5.80. The molecule has 1 aliphatic carbocycles. The summed E-state index contributed by atoms with van der Waals surface area (Å²) >= 11 is 0. The van der Waals surface area contributed by atoms with Gasteiger partial charge in [-0.15, -0.1) is 0 Å². The summed E-state index contributed by atoms with van der Waals surface area (Å²) < 4.78 is 0. The zero-order chi connectivity index (χ0) is 13.9. The topological polar surface area (TPSA) is 69.6 Å². The lowest BCUT2D eigenvalue weighted by atomic mass is 9.81. The lowest BCUT2D eigenvalue weighted by Gasteiger charge is -2.31. The maximum atomic E-state index is 12.0. The van der Waals surface area contributed by atoms with E-state index in [4.69, 9.17) is 5.11 Å². The smallest absolute Gasteiger partial charge is 0.323 e. The Labute approximate surface area is 109 Å². The van der Waals surface area contributed by atoms with Crippen molar-refractivity contribution in [2.24, 2.45) is 11.3 Å². The molecule has 2 N–H and O–H groups in total. The van der Waals surface area contributed by atoms with Gasteiger partial charge in [-0.1, -0.05) is 27.7 Å². The molecule has 0 aromatic carbocycles. The average Bonchev–Trinajstić information content (AvgIpc) is 3.06. The summed E-state index contributed by atoms with van der Waals surface area (Å²) in [7, 11) is 0. The summed E-state index contributed by atoms with van der Waals surface area (Å²) in [5, 5.41) is 11.7. The molecule has 0 unspecified atom stereocenters. The fraction of sp³-hybridized carbons (Fsp3) is 0.846. The number of hydrogen-bond acceptors (Lipinski definition) is 2. The van der Waals surface area contributed by atoms with E-state index in [1.54, 1.807) is 0 Å². The summed E-state index contributed by atoms with van der Waals surface area (Å²) in [5.74, 6) is -0.508. The highest BCUT2D eigenvalue weighted by Gasteiger charge is 2.34. The molecule has 0 bridgehead atoms. The number of urea groups is 1. The Hall–Kier alpha value is -1.26. The second kappa shape index (κ2) is 5.59. The predicted molar refractivity (Wildman–Crippen MR) is 69.4 cm³/mol. The summed E-state index contributed by atoms with van der Waals surface area (Å²) in [6.45, 7) is 8.77. The third-order valence-electron chi connectivity index (χ3n) is 3.81. The predicted octanol–water partition coefficient (Wildman–Crippen LogP) is 1.93. The molecule has 5 heteroatoms. The van der Waals surface area contributed by atoms with Crippen LogP contribution in [-0.2, 0) is 4.79 Å².